The van der Waals surface area contributed by atoms with Gasteiger partial charge in [0.1, 0.15) is 10.6 Å². The molecule has 20 heavy (non-hydrogen) atoms. The molecular weight excluding hydrogens is 308 g/mol. The quantitative estimate of drug-likeness (QED) is 0.664. The maximum absolute atomic E-state index is 11.9. The van der Waals surface area contributed by atoms with Crippen molar-refractivity contribution in [3.63, 3.8) is 0 Å². The molecule has 1 aliphatic heterocycles. The topological polar surface area (TPSA) is 133 Å². The number of hydrogen-bond acceptors (Lipinski definition) is 5. The van der Waals surface area contributed by atoms with Crippen LogP contribution in [-0.2, 0) is 19.9 Å². The SMILES string of the molecule is O=C(O)c1cc(S(=O)(=O)NCC2CCS(=O)(=O)C2)c[nH]1. The number of aromatic amines is 1. The van der Waals surface area contributed by atoms with Gasteiger partial charge in [-0.05, 0) is 18.4 Å². The number of sulfone groups is 1. The molecule has 10 heteroatoms. The van der Waals surface area contributed by atoms with Crippen molar-refractivity contribution in [2.24, 2.45) is 5.92 Å². The minimum absolute atomic E-state index is 0.0230. The number of sulfonamides is 1. The molecule has 0 saturated carbocycles. The van der Waals surface area contributed by atoms with Crippen molar-refractivity contribution < 1.29 is 26.7 Å². The molecule has 1 aliphatic rings. The van der Waals surface area contributed by atoms with E-state index in [-0.39, 0.29) is 34.6 Å². The van der Waals surface area contributed by atoms with E-state index >= 15 is 0 Å². The summed E-state index contributed by atoms with van der Waals surface area (Å²) in [7, 11) is -6.89. The van der Waals surface area contributed by atoms with Crippen LogP contribution in [0.4, 0.5) is 0 Å². The maximum atomic E-state index is 11.9. The molecule has 1 unspecified atom stereocenters. The zero-order valence-corrected chi connectivity index (χ0v) is 12.0. The number of H-pyrrole nitrogens is 1. The van der Waals surface area contributed by atoms with Crippen LogP contribution >= 0.6 is 0 Å². The third kappa shape index (κ3) is 3.38. The number of aromatic carboxylic acids is 1. The molecule has 1 fully saturated rings. The van der Waals surface area contributed by atoms with Gasteiger partial charge in [-0.1, -0.05) is 0 Å². The molecule has 8 nitrogen and oxygen atoms in total. The Hall–Kier alpha value is -1.39. The van der Waals surface area contributed by atoms with Crippen LogP contribution in [0.15, 0.2) is 17.2 Å². The summed E-state index contributed by atoms with van der Waals surface area (Å²) in [6, 6.07) is 1.01. The third-order valence-electron chi connectivity index (χ3n) is 3.09. The summed E-state index contributed by atoms with van der Waals surface area (Å²) in [6.07, 6.45) is 1.51. The molecule has 3 N–H and O–H groups in total. The number of aromatic nitrogens is 1. The molecule has 112 valence electrons. The molecule has 1 saturated heterocycles. The second-order valence-electron chi connectivity index (χ2n) is 4.68. The van der Waals surface area contributed by atoms with E-state index in [0.29, 0.717) is 6.42 Å². The molecule has 1 aromatic heterocycles. The van der Waals surface area contributed by atoms with Crippen molar-refractivity contribution in [1.29, 1.82) is 0 Å². The number of nitrogens with one attached hydrogen (secondary N) is 2. The lowest BCUT2D eigenvalue weighted by molar-refractivity contribution is 0.0691. The first-order chi connectivity index (χ1) is 9.20. The highest BCUT2D eigenvalue weighted by molar-refractivity contribution is 7.91. The monoisotopic (exact) mass is 322 g/mol. The number of carbonyl (C=O) groups is 1. The Labute approximate surface area is 116 Å². The predicted molar refractivity (Wildman–Crippen MR) is 69.7 cm³/mol. The summed E-state index contributed by atoms with van der Waals surface area (Å²) in [5.41, 5.74) is -0.228. The average molecular weight is 322 g/mol. The summed E-state index contributed by atoms with van der Waals surface area (Å²) >= 11 is 0. The molecule has 0 aromatic carbocycles. The lowest BCUT2D eigenvalue weighted by Crippen LogP contribution is -2.29. The zero-order chi connectivity index (χ0) is 15.0. The summed E-state index contributed by atoms with van der Waals surface area (Å²) in [6.45, 7) is 0.0230. The molecule has 2 rings (SSSR count). The van der Waals surface area contributed by atoms with Gasteiger partial charge in [-0.25, -0.2) is 26.4 Å². The fourth-order valence-corrected chi connectivity index (χ4v) is 4.97. The van der Waals surface area contributed by atoms with Gasteiger partial charge >= 0.3 is 5.97 Å². The molecule has 2 heterocycles. The van der Waals surface area contributed by atoms with Gasteiger partial charge in [0.2, 0.25) is 10.0 Å². The largest absolute Gasteiger partial charge is 0.477 e. The van der Waals surface area contributed by atoms with Crippen molar-refractivity contribution in [2.45, 2.75) is 11.3 Å². The highest BCUT2D eigenvalue weighted by atomic mass is 32.2. The normalized spacial score (nSPS) is 21.9. The molecule has 1 aromatic rings. The Bertz CT molecular complexity index is 719. The van der Waals surface area contributed by atoms with Gasteiger partial charge < -0.3 is 10.1 Å². The smallest absolute Gasteiger partial charge is 0.352 e. The van der Waals surface area contributed by atoms with Crippen LogP contribution in [0.25, 0.3) is 0 Å². The van der Waals surface area contributed by atoms with Crippen LogP contribution < -0.4 is 4.72 Å². The zero-order valence-electron chi connectivity index (χ0n) is 10.4. The predicted octanol–water partition coefficient (Wildman–Crippen LogP) is -0.574. The summed E-state index contributed by atoms with van der Waals surface area (Å²) in [4.78, 5) is 12.8. The van der Waals surface area contributed by atoms with Gasteiger partial charge in [0.15, 0.2) is 9.84 Å². The van der Waals surface area contributed by atoms with Crippen LogP contribution in [0.1, 0.15) is 16.9 Å². The van der Waals surface area contributed by atoms with E-state index in [0.717, 1.165) is 12.3 Å². The van der Waals surface area contributed by atoms with Gasteiger partial charge in [0.05, 0.1) is 11.5 Å². The highest BCUT2D eigenvalue weighted by Crippen LogP contribution is 2.18. The fourth-order valence-electron chi connectivity index (χ4n) is 2.00. The summed E-state index contributed by atoms with van der Waals surface area (Å²) in [5, 5.41) is 8.71. The van der Waals surface area contributed by atoms with Gasteiger partial charge in [-0.3, -0.25) is 0 Å². The molecule has 0 amide bonds. The number of hydrogen-bond donors (Lipinski definition) is 3. The molecule has 0 aliphatic carbocycles. The van der Waals surface area contributed by atoms with E-state index < -0.39 is 25.8 Å². The lowest BCUT2D eigenvalue weighted by Gasteiger charge is -2.09. The first-order valence-electron chi connectivity index (χ1n) is 5.81. The summed E-state index contributed by atoms with van der Waals surface area (Å²) < 4.78 is 48.7. The van der Waals surface area contributed by atoms with Crippen molar-refractivity contribution >= 4 is 25.8 Å². The van der Waals surface area contributed by atoms with Crippen LogP contribution in [0.3, 0.4) is 0 Å². The van der Waals surface area contributed by atoms with Crippen LogP contribution in [0.2, 0.25) is 0 Å². The number of carboxylic acid groups (broad SMARTS) is 1. The van der Waals surface area contributed by atoms with Crippen molar-refractivity contribution in [3.05, 3.63) is 18.0 Å². The van der Waals surface area contributed by atoms with E-state index in [2.05, 4.69) is 9.71 Å². The average Bonchev–Trinajstić information content (AvgIpc) is 2.93. The van der Waals surface area contributed by atoms with E-state index in [4.69, 9.17) is 5.11 Å². The maximum Gasteiger partial charge on any atom is 0.352 e. The Kier molecular flexibility index (Phi) is 3.89. The highest BCUT2D eigenvalue weighted by Gasteiger charge is 2.29. The minimum atomic E-state index is -3.84. The fraction of sp³-hybridized carbons (Fsp3) is 0.500. The van der Waals surface area contributed by atoms with Gasteiger partial charge in [-0.15, -0.1) is 0 Å². The van der Waals surface area contributed by atoms with E-state index in [1.807, 2.05) is 0 Å². The Morgan fingerprint density at radius 1 is 1.50 bits per heavy atom. The van der Waals surface area contributed by atoms with Crippen molar-refractivity contribution in [1.82, 2.24) is 9.71 Å². The number of rotatable bonds is 5. The standard InChI is InChI=1S/C10H14N2O6S2/c13-10(14)9-3-8(5-11-9)20(17,18)12-4-7-1-2-19(15,16)6-7/h3,5,7,11-12H,1-2,4,6H2,(H,13,14). The van der Waals surface area contributed by atoms with Crippen molar-refractivity contribution in [3.8, 4) is 0 Å². The first kappa shape index (κ1) is 15.0. The van der Waals surface area contributed by atoms with Crippen LogP contribution in [-0.4, -0.2) is 50.9 Å². The minimum Gasteiger partial charge on any atom is -0.477 e. The molecule has 1 atom stereocenters. The van der Waals surface area contributed by atoms with Crippen LogP contribution in [0.5, 0.6) is 0 Å². The second kappa shape index (κ2) is 5.19. The third-order valence-corrected chi connectivity index (χ3v) is 6.33. The van der Waals surface area contributed by atoms with Gasteiger partial charge in [0.25, 0.3) is 0 Å². The molecule has 0 bridgehead atoms. The first-order valence-corrected chi connectivity index (χ1v) is 9.12. The number of carboxylic acids is 1. The Morgan fingerprint density at radius 3 is 2.70 bits per heavy atom. The van der Waals surface area contributed by atoms with Crippen molar-refractivity contribution in [2.75, 3.05) is 18.1 Å². The Morgan fingerprint density at radius 2 is 2.20 bits per heavy atom. The molecule has 0 radical (unpaired) electrons. The van der Waals surface area contributed by atoms with E-state index in [9.17, 15) is 21.6 Å². The van der Waals surface area contributed by atoms with E-state index in [1.165, 1.54) is 0 Å². The Balaban J connectivity index is 2.02. The second-order valence-corrected chi connectivity index (χ2v) is 8.67. The van der Waals surface area contributed by atoms with E-state index in [1.54, 1.807) is 0 Å². The molecule has 0 spiro atoms. The van der Waals surface area contributed by atoms with Gasteiger partial charge in [0, 0.05) is 12.7 Å². The van der Waals surface area contributed by atoms with Gasteiger partial charge in [-0.2, -0.15) is 0 Å². The lowest BCUT2D eigenvalue weighted by atomic mass is 10.1. The molecular formula is C10H14N2O6S2. The van der Waals surface area contributed by atoms with Crippen LogP contribution in [0, 0.1) is 5.92 Å². The summed E-state index contributed by atoms with van der Waals surface area (Å²) in [5.74, 6) is -1.45.